The second kappa shape index (κ2) is 7.37. The topological polar surface area (TPSA) is 66.8 Å². The molecule has 2 rings (SSSR count). The summed E-state index contributed by atoms with van der Waals surface area (Å²) >= 11 is 5.81. The number of ether oxygens (including phenoxy) is 1. The molecule has 23 heavy (non-hydrogen) atoms. The Morgan fingerprint density at radius 2 is 2.04 bits per heavy atom. The van der Waals surface area contributed by atoms with Crippen molar-refractivity contribution in [1.29, 1.82) is 0 Å². The van der Waals surface area contributed by atoms with Gasteiger partial charge in [0.1, 0.15) is 18.1 Å². The zero-order valence-corrected chi connectivity index (χ0v) is 14.3. The van der Waals surface area contributed by atoms with Crippen molar-refractivity contribution in [1.82, 2.24) is 0 Å². The lowest BCUT2D eigenvalue weighted by Gasteiger charge is -2.31. The summed E-state index contributed by atoms with van der Waals surface area (Å²) < 4.78 is 5.75. The van der Waals surface area contributed by atoms with Crippen LogP contribution in [0.25, 0.3) is 0 Å². The Morgan fingerprint density at radius 1 is 1.35 bits per heavy atom. The largest absolute Gasteiger partial charge is 0.505 e. The van der Waals surface area contributed by atoms with E-state index in [-0.39, 0.29) is 16.3 Å². The maximum Gasteiger partial charge on any atom is 0.157 e. The molecule has 126 valence electrons. The summed E-state index contributed by atoms with van der Waals surface area (Å²) in [6, 6.07) is 3.07. The van der Waals surface area contributed by atoms with Crippen LogP contribution in [0.15, 0.2) is 23.3 Å². The number of carbonyl (C=O) groups excluding carboxylic acids is 1. The normalized spacial score (nSPS) is 17.7. The Kier molecular flexibility index (Phi) is 5.71. The van der Waals surface area contributed by atoms with Crippen molar-refractivity contribution < 1.29 is 19.7 Å². The number of phenols is 1. The second-order valence-corrected chi connectivity index (χ2v) is 6.54. The van der Waals surface area contributed by atoms with Crippen LogP contribution in [0.3, 0.4) is 0 Å². The maximum atomic E-state index is 11.2. The number of halogens is 1. The van der Waals surface area contributed by atoms with E-state index < -0.39 is 5.60 Å². The molecule has 1 unspecified atom stereocenters. The Labute approximate surface area is 141 Å². The first-order valence-corrected chi connectivity index (χ1v) is 8.31. The molecule has 0 saturated carbocycles. The summed E-state index contributed by atoms with van der Waals surface area (Å²) in [5.41, 5.74) is 1.35. The Balaban J connectivity index is 2.25. The molecule has 1 aliphatic rings. The van der Waals surface area contributed by atoms with Crippen LogP contribution in [0.4, 0.5) is 0 Å². The van der Waals surface area contributed by atoms with Crippen LogP contribution in [-0.2, 0) is 0 Å². The molecule has 5 heteroatoms. The van der Waals surface area contributed by atoms with Crippen LogP contribution < -0.4 is 4.74 Å². The molecule has 4 nitrogen and oxygen atoms in total. The smallest absolute Gasteiger partial charge is 0.157 e. The highest BCUT2D eigenvalue weighted by Crippen LogP contribution is 2.36. The number of aldehydes is 1. The van der Waals surface area contributed by atoms with Gasteiger partial charge >= 0.3 is 0 Å². The summed E-state index contributed by atoms with van der Waals surface area (Å²) in [6.45, 7) is 4.09. The van der Waals surface area contributed by atoms with Crippen molar-refractivity contribution in [3.63, 3.8) is 0 Å². The minimum absolute atomic E-state index is 0.0534. The van der Waals surface area contributed by atoms with Crippen LogP contribution in [-0.4, -0.2) is 28.7 Å². The first-order chi connectivity index (χ1) is 10.9. The van der Waals surface area contributed by atoms with Gasteiger partial charge in [0.05, 0.1) is 16.2 Å². The molecule has 0 aliphatic heterocycles. The van der Waals surface area contributed by atoms with Gasteiger partial charge in [0.2, 0.25) is 0 Å². The standard InChI is InChI=1S/C18H23ClO4/c1-3-18(2,22)14-7-5-4-6-12(14)11-23-16-9-8-15(19)17(21)13(16)10-20/h8-10,21-22H,3-7,11H2,1-2H3. The molecule has 0 heterocycles. The predicted octanol–water partition coefficient (Wildman–Crippen LogP) is 4.27. The SMILES string of the molecule is CCC(C)(O)C1=C(COc2ccc(Cl)c(O)c2C=O)CCCC1. The average Bonchev–Trinajstić information content (AvgIpc) is 2.56. The molecule has 1 aliphatic carbocycles. The third-order valence-electron chi connectivity index (χ3n) is 4.57. The fourth-order valence-corrected chi connectivity index (χ4v) is 3.12. The molecule has 1 atom stereocenters. The molecule has 2 N–H and O–H groups in total. The van der Waals surface area contributed by atoms with Gasteiger partial charge in [0.25, 0.3) is 0 Å². The van der Waals surface area contributed by atoms with Crippen LogP contribution >= 0.6 is 11.6 Å². The van der Waals surface area contributed by atoms with E-state index >= 15 is 0 Å². The molecular formula is C18H23ClO4. The molecule has 0 saturated heterocycles. The lowest BCUT2D eigenvalue weighted by molar-refractivity contribution is 0.0861. The molecular weight excluding hydrogens is 316 g/mol. The third-order valence-corrected chi connectivity index (χ3v) is 4.87. The van der Waals surface area contributed by atoms with Gasteiger partial charge in [-0.15, -0.1) is 0 Å². The lowest BCUT2D eigenvalue weighted by atomic mass is 9.81. The maximum absolute atomic E-state index is 11.2. The van der Waals surface area contributed by atoms with Gasteiger partial charge in [-0.05, 0) is 62.3 Å². The number of aromatic hydroxyl groups is 1. The first-order valence-electron chi connectivity index (χ1n) is 7.94. The van der Waals surface area contributed by atoms with E-state index in [2.05, 4.69) is 0 Å². The van der Waals surface area contributed by atoms with E-state index in [1.807, 2.05) is 13.8 Å². The Morgan fingerprint density at radius 3 is 2.70 bits per heavy atom. The van der Waals surface area contributed by atoms with E-state index in [1.165, 1.54) is 6.07 Å². The molecule has 1 aromatic rings. The van der Waals surface area contributed by atoms with E-state index in [4.69, 9.17) is 16.3 Å². The average molecular weight is 339 g/mol. The molecule has 0 bridgehead atoms. The summed E-state index contributed by atoms with van der Waals surface area (Å²) in [6.07, 6.45) is 5.06. The van der Waals surface area contributed by atoms with Crippen molar-refractivity contribution >= 4 is 17.9 Å². The number of hydrogen-bond acceptors (Lipinski definition) is 4. The highest BCUT2D eigenvalue weighted by Gasteiger charge is 2.28. The number of hydrogen-bond donors (Lipinski definition) is 2. The third kappa shape index (κ3) is 3.88. The van der Waals surface area contributed by atoms with Crippen LogP contribution in [0.5, 0.6) is 11.5 Å². The zero-order chi connectivity index (χ0) is 17.0. The van der Waals surface area contributed by atoms with Crippen LogP contribution in [0, 0.1) is 0 Å². The van der Waals surface area contributed by atoms with Crippen molar-refractivity contribution in [3.05, 3.63) is 33.9 Å². The Hall–Kier alpha value is -1.52. The van der Waals surface area contributed by atoms with E-state index in [0.717, 1.165) is 36.8 Å². The monoisotopic (exact) mass is 338 g/mol. The van der Waals surface area contributed by atoms with Gasteiger partial charge < -0.3 is 14.9 Å². The van der Waals surface area contributed by atoms with Gasteiger partial charge in [0, 0.05) is 0 Å². The predicted molar refractivity (Wildman–Crippen MR) is 90.4 cm³/mol. The molecule has 0 amide bonds. The quantitative estimate of drug-likeness (QED) is 0.600. The van der Waals surface area contributed by atoms with Gasteiger partial charge in [-0.25, -0.2) is 0 Å². The van der Waals surface area contributed by atoms with E-state index in [9.17, 15) is 15.0 Å². The highest BCUT2D eigenvalue weighted by atomic mass is 35.5. The van der Waals surface area contributed by atoms with Crippen LogP contribution in [0.1, 0.15) is 56.3 Å². The van der Waals surface area contributed by atoms with Gasteiger partial charge in [-0.3, -0.25) is 4.79 Å². The van der Waals surface area contributed by atoms with Crippen molar-refractivity contribution in [3.8, 4) is 11.5 Å². The minimum Gasteiger partial charge on any atom is -0.505 e. The Bertz CT molecular complexity index is 620. The van der Waals surface area contributed by atoms with Crippen molar-refractivity contribution in [2.45, 2.75) is 51.6 Å². The lowest BCUT2D eigenvalue weighted by Crippen LogP contribution is -2.29. The molecule has 0 radical (unpaired) electrons. The number of phenolic OH excluding ortho intramolecular Hbond substituents is 1. The minimum atomic E-state index is -0.825. The second-order valence-electron chi connectivity index (χ2n) is 6.13. The van der Waals surface area contributed by atoms with Gasteiger partial charge in [0.15, 0.2) is 6.29 Å². The molecule has 0 spiro atoms. The van der Waals surface area contributed by atoms with Crippen molar-refractivity contribution in [2.75, 3.05) is 6.61 Å². The molecule has 0 fully saturated rings. The van der Waals surface area contributed by atoms with E-state index in [1.54, 1.807) is 6.07 Å². The highest BCUT2D eigenvalue weighted by molar-refractivity contribution is 6.32. The fraction of sp³-hybridized carbons (Fsp3) is 0.500. The van der Waals surface area contributed by atoms with Crippen molar-refractivity contribution in [2.24, 2.45) is 0 Å². The number of rotatable bonds is 6. The summed E-state index contributed by atoms with van der Waals surface area (Å²) in [5.74, 6) is 0.0352. The van der Waals surface area contributed by atoms with Crippen LogP contribution in [0.2, 0.25) is 5.02 Å². The fourth-order valence-electron chi connectivity index (χ4n) is 2.96. The summed E-state index contributed by atoms with van der Waals surface area (Å²) in [4.78, 5) is 11.2. The van der Waals surface area contributed by atoms with Gasteiger partial charge in [-0.2, -0.15) is 0 Å². The molecule has 1 aromatic carbocycles. The first kappa shape index (κ1) is 17.8. The summed E-state index contributed by atoms with van der Waals surface area (Å²) in [5, 5.41) is 20.5. The number of carbonyl (C=O) groups is 1. The summed E-state index contributed by atoms with van der Waals surface area (Å²) in [7, 11) is 0. The van der Waals surface area contributed by atoms with Gasteiger partial charge in [-0.1, -0.05) is 18.5 Å². The molecule has 0 aromatic heterocycles. The van der Waals surface area contributed by atoms with E-state index in [0.29, 0.717) is 25.1 Å². The zero-order valence-electron chi connectivity index (χ0n) is 13.6. The number of aliphatic hydroxyl groups is 1. The number of benzene rings is 1.